The van der Waals surface area contributed by atoms with Crippen LogP contribution in [-0.4, -0.2) is 13.2 Å². The summed E-state index contributed by atoms with van der Waals surface area (Å²) in [5.74, 6) is -0.192. The minimum Gasteiger partial charge on any atom is -0.494 e. The van der Waals surface area contributed by atoms with E-state index in [4.69, 9.17) is 10.5 Å². The van der Waals surface area contributed by atoms with E-state index in [9.17, 15) is 4.39 Å². The van der Waals surface area contributed by atoms with E-state index in [1.807, 2.05) is 0 Å². The number of hydrogen-bond acceptors (Lipinski definition) is 3. The molecule has 0 aromatic heterocycles. The Morgan fingerprint density at radius 2 is 1.95 bits per heavy atom. The number of rotatable bonds is 3. The SMILES string of the molecule is COc1cc(NC2CCC(C)(C)CC2)c(N)cc1F. The lowest BCUT2D eigenvalue weighted by Gasteiger charge is -2.35. The van der Waals surface area contributed by atoms with Crippen LogP contribution in [0.4, 0.5) is 15.8 Å². The molecule has 0 saturated heterocycles. The average molecular weight is 266 g/mol. The molecule has 0 spiro atoms. The number of methoxy groups -OCH3 is 1. The van der Waals surface area contributed by atoms with Crippen molar-refractivity contribution in [3.05, 3.63) is 17.9 Å². The van der Waals surface area contributed by atoms with Crippen LogP contribution in [0.5, 0.6) is 5.75 Å². The highest BCUT2D eigenvalue weighted by molar-refractivity contribution is 5.69. The maximum atomic E-state index is 13.5. The monoisotopic (exact) mass is 266 g/mol. The molecule has 0 atom stereocenters. The molecule has 0 heterocycles. The van der Waals surface area contributed by atoms with E-state index in [0.29, 0.717) is 17.1 Å². The van der Waals surface area contributed by atoms with E-state index in [0.717, 1.165) is 18.5 Å². The van der Waals surface area contributed by atoms with Crippen LogP contribution < -0.4 is 15.8 Å². The Morgan fingerprint density at radius 1 is 1.32 bits per heavy atom. The van der Waals surface area contributed by atoms with Crippen LogP contribution >= 0.6 is 0 Å². The summed E-state index contributed by atoms with van der Waals surface area (Å²) in [6.45, 7) is 4.61. The van der Waals surface area contributed by atoms with E-state index in [1.165, 1.54) is 26.0 Å². The molecule has 0 unspecified atom stereocenters. The van der Waals surface area contributed by atoms with Gasteiger partial charge in [0, 0.05) is 18.2 Å². The minimum absolute atomic E-state index is 0.229. The molecule has 1 aliphatic rings. The zero-order valence-electron chi connectivity index (χ0n) is 11.9. The first-order valence-corrected chi connectivity index (χ1v) is 6.81. The van der Waals surface area contributed by atoms with Gasteiger partial charge in [-0.05, 0) is 31.1 Å². The summed E-state index contributed by atoms with van der Waals surface area (Å²) in [6, 6.07) is 3.36. The molecular formula is C15H23FN2O. The number of hydrogen-bond donors (Lipinski definition) is 2. The van der Waals surface area contributed by atoms with Crippen LogP contribution in [0.3, 0.4) is 0 Å². The first-order chi connectivity index (χ1) is 8.91. The second kappa shape index (κ2) is 5.27. The van der Waals surface area contributed by atoms with Gasteiger partial charge in [-0.25, -0.2) is 4.39 Å². The van der Waals surface area contributed by atoms with E-state index in [2.05, 4.69) is 19.2 Å². The second-order valence-electron chi connectivity index (χ2n) is 6.16. The smallest absolute Gasteiger partial charge is 0.167 e. The summed E-state index contributed by atoms with van der Waals surface area (Å²) in [4.78, 5) is 0. The van der Waals surface area contributed by atoms with Crippen molar-refractivity contribution < 1.29 is 9.13 Å². The van der Waals surface area contributed by atoms with Gasteiger partial charge in [0.05, 0.1) is 18.5 Å². The highest BCUT2D eigenvalue weighted by Gasteiger charge is 2.27. The van der Waals surface area contributed by atoms with Gasteiger partial charge in [-0.3, -0.25) is 0 Å². The number of nitrogens with two attached hydrogens (primary N) is 1. The molecule has 1 aliphatic carbocycles. The lowest BCUT2D eigenvalue weighted by molar-refractivity contribution is 0.232. The van der Waals surface area contributed by atoms with Crippen LogP contribution in [0.15, 0.2) is 12.1 Å². The van der Waals surface area contributed by atoms with Crippen molar-refractivity contribution in [2.75, 3.05) is 18.2 Å². The van der Waals surface area contributed by atoms with Crippen LogP contribution in [0.1, 0.15) is 39.5 Å². The molecular weight excluding hydrogens is 243 g/mol. The quantitative estimate of drug-likeness (QED) is 0.818. The number of halogens is 1. The van der Waals surface area contributed by atoms with Crippen molar-refractivity contribution in [3.8, 4) is 5.75 Å². The molecule has 19 heavy (non-hydrogen) atoms. The van der Waals surface area contributed by atoms with Gasteiger partial charge in [-0.1, -0.05) is 13.8 Å². The standard InChI is InChI=1S/C15H23FN2O/c1-15(2)6-4-10(5-7-15)18-13-9-14(19-3)11(16)8-12(13)17/h8-10,18H,4-7,17H2,1-3H3. The van der Waals surface area contributed by atoms with Crippen LogP contribution in [0.2, 0.25) is 0 Å². The van der Waals surface area contributed by atoms with Crippen molar-refractivity contribution in [1.29, 1.82) is 0 Å². The Hall–Kier alpha value is -1.45. The number of nitrogen functional groups attached to an aromatic ring is 1. The molecule has 1 aromatic rings. The summed E-state index contributed by atoms with van der Waals surface area (Å²) in [7, 11) is 1.46. The highest BCUT2D eigenvalue weighted by atomic mass is 19.1. The molecule has 3 nitrogen and oxygen atoms in total. The fourth-order valence-electron chi connectivity index (χ4n) is 2.61. The summed E-state index contributed by atoms with van der Waals surface area (Å²) in [5.41, 5.74) is 7.49. The van der Waals surface area contributed by atoms with Gasteiger partial charge in [0.25, 0.3) is 0 Å². The Kier molecular flexibility index (Phi) is 3.88. The largest absolute Gasteiger partial charge is 0.494 e. The Morgan fingerprint density at radius 3 is 2.53 bits per heavy atom. The second-order valence-corrected chi connectivity index (χ2v) is 6.16. The topological polar surface area (TPSA) is 47.3 Å². The highest BCUT2D eigenvalue weighted by Crippen LogP contribution is 2.37. The predicted molar refractivity (Wildman–Crippen MR) is 77.0 cm³/mol. The van der Waals surface area contributed by atoms with Gasteiger partial charge in [-0.2, -0.15) is 0 Å². The summed E-state index contributed by atoms with van der Waals surface area (Å²) < 4.78 is 18.5. The molecule has 0 amide bonds. The summed E-state index contributed by atoms with van der Waals surface area (Å²) in [5, 5.41) is 3.42. The molecule has 4 heteroatoms. The lowest BCUT2D eigenvalue weighted by Crippen LogP contribution is -2.30. The summed E-state index contributed by atoms with van der Waals surface area (Å²) in [6.07, 6.45) is 4.63. The van der Waals surface area contributed by atoms with Crippen LogP contribution in [0, 0.1) is 11.2 Å². The molecule has 2 rings (SSSR count). The fraction of sp³-hybridized carbons (Fsp3) is 0.600. The fourth-order valence-corrected chi connectivity index (χ4v) is 2.61. The van der Waals surface area contributed by atoms with Crippen molar-refractivity contribution in [2.24, 2.45) is 5.41 Å². The average Bonchev–Trinajstić information content (AvgIpc) is 2.35. The van der Waals surface area contributed by atoms with Gasteiger partial charge in [0.15, 0.2) is 11.6 Å². The maximum absolute atomic E-state index is 13.5. The molecule has 1 aromatic carbocycles. The summed E-state index contributed by atoms with van der Waals surface area (Å²) >= 11 is 0. The zero-order valence-corrected chi connectivity index (χ0v) is 11.9. The molecule has 1 saturated carbocycles. The van der Waals surface area contributed by atoms with E-state index in [-0.39, 0.29) is 5.75 Å². The van der Waals surface area contributed by atoms with Crippen molar-refractivity contribution in [2.45, 2.75) is 45.6 Å². The van der Waals surface area contributed by atoms with Gasteiger partial charge in [0.1, 0.15) is 0 Å². The number of benzene rings is 1. The first kappa shape index (κ1) is 14.0. The predicted octanol–water partition coefficient (Wildman–Crippen LogP) is 3.80. The third-order valence-electron chi connectivity index (χ3n) is 4.02. The molecule has 1 fully saturated rings. The Bertz CT molecular complexity index is 450. The van der Waals surface area contributed by atoms with Crippen molar-refractivity contribution >= 4 is 11.4 Å². The molecule has 0 aliphatic heterocycles. The van der Waals surface area contributed by atoms with Gasteiger partial charge < -0.3 is 15.8 Å². The molecule has 0 bridgehead atoms. The van der Waals surface area contributed by atoms with Gasteiger partial charge in [0.2, 0.25) is 0 Å². The number of anilines is 2. The maximum Gasteiger partial charge on any atom is 0.167 e. The van der Waals surface area contributed by atoms with Crippen molar-refractivity contribution in [1.82, 2.24) is 0 Å². The normalized spacial score (nSPS) is 19.2. The van der Waals surface area contributed by atoms with Crippen molar-refractivity contribution in [3.63, 3.8) is 0 Å². The van der Waals surface area contributed by atoms with E-state index < -0.39 is 5.82 Å². The van der Waals surface area contributed by atoms with Crippen LogP contribution in [0.25, 0.3) is 0 Å². The van der Waals surface area contributed by atoms with Gasteiger partial charge in [-0.15, -0.1) is 0 Å². The molecule has 0 radical (unpaired) electrons. The zero-order chi connectivity index (χ0) is 14.0. The third-order valence-corrected chi connectivity index (χ3v) is 4.02. The van der Waals surface area contributed by atoms with E-state index >= 15 is 0 Å². The first-order valence-electron chi connectivity index (χ1n) is 6.81. The molecule has 106 valence electrons. The number of nitrogens with one attached hydrogen (secondary N) is 1. The van der Waals surface area contributed by atoms with E-state index in [1.54, 1.807) is 6.07 Å². The minimum atomic E-state index is -0.421. The lowest BCUT2D eigenvalue weighted by atomic mass is 9.75. The Labute approximate surface area is 114 Å². The third kappa shape index (κ3) is 3.31. The van der Waals surface area contributed by atoms with Gasteiger partial charge >= 0.3 is 0 Å². The molecule has 3 N–H and O–H groups in total. The van der Waals surface area contributed by atoms with Crippen LogP contribution in [-0.2, 0) is 0 Å². The number of ether oxygens (including phenoxy) is 1. The Balaban J connectivity index is 2.07.